The van der Waals surface area contributed by atoms with Gasteiger partial charge in [0.2, 0.25) is 0 Å². The van der Waals surface area contributed by atoms with E-state index in [4.69, 9.17) is 0 Å². The quantitative estimate of drug-likeness (QED) is 0.667. The third-order valence-electron chi connectivity index (χ3n) is 2.07. The standard InChI is InChI=1S/C10H9BrOS.C2H6/c11-8-5-6-13-9-4-2-1-3-7(9)10(8)12;1-2/h1-4,8H,5-6H2;1-2H3. The highest BCUT2D eigenvalue weighted by Gasteiger charge is 2.22. The number of hydrogen-bond donors (Lipinski definition) is 0. The van der Waals surface area contributed by atoms with Crippen molar-refractivity contribution >= 4 is 33.5 Å². The van der Waals surface area contributed by atoms with E-state index in [1.54, 1.807) is 11.8 Å². The van der Waals surface area contributed by atoms with Gasteiger partial charge in [-0.25, -0.2) is 0 Å². The maximum absolute atomic E-state index is 11.8. The molecule has 1 aromatic rings. The zero-order valence-corrected chi connectivity index (χ0v) is 11.4. The third-order valence-corrected chi connectivity index (χ3v) is 4.05. The van der Waals surface area contributed by atoms with Gasteiger partial charge in [0.1, 0.15) is 0 Å². The fraction of sp³-hybridized carbons (Fsp3) is 0.417. The van der Waals surface area contributed by atoms with Crippen molar-refractivity contribution in [1.82, 2.24) is 0 Å². The summed E-state index contributed by atoms with van der Waals surface area (Å²) >= 11 is 5.18. The SMILES string of the molecule is CC.O=C1c2ccccc2SCCC1Br. The van der Waals surface area contributed by atoms with Gasteiger partial charge in [0.15, 0.2) is 5.78 Å². The predicted octanol–water partition coefficient (Wildman–Crippen LogP) is 4.15. The van der Waals surface area contributed by atoms with Crippen molar-refractivity contribution in [2.75, 3.05) is 5.75 Å². The Kier molecular flexibility index (Phi) is 5.40. The molecule has 0 N–H and O–H groups in total. The summed E-state index contributed by atoms with van der Waals surface area (Å²) in [6.45, 7) is 4.00. The van der Waals surface area contributed by atoms with Crippen molar-refractivity contribution in [3.8, 4) is 0 Å². The summed E-state index contributed by atoms with van der Waals surface area (Å²) in [5.74, 6) is 1.24. The third kappa shape index (κ3) is 3.08. The predicted molar refractivity (Wildman–Crippen MR) is 70.2 cm³/mol. The fourth-order valence-corrected chi connectivity index (χ4v) is 3.22. The van der Waals surface area contributed by atoms with Crippen LogP contribution in [0.2, 0.25) is 0 Å². The van der Waals surface area contributed by atoms with Crippen LogP contribution in [0, 0.1) is 0 Å². The van der Waals surface area contributed by atoms with E-state index in [2.05, 4.69) is 15.9 Å². The van der Waals surface area contributed by atoms with Crippen LogP contribution in [0.4, 0.5) is 0 Å². The second-order valence-electron chi connectivity index (χ2n) is 2.97. The molecule has 0 bridgehead atoms. The molecule has 1 nitrogen and oxygen atoms in total. The van der Waals surface area contributed by atoms with E-state index < -0.39 is 0 Å². The van der Waals surface area contributed by atoms with Crippen LogP contribution in [-0.4, -0.2) is 16.4 Å². The highest BCUT2D eigenvalue weighted by atomic mass is 79.9. The van der Waals surface area contributed by atoms with E-state index in [0.717, 1.165) is 22.6 Å². The van der Waals surface area contributed by atoms with Gasteiger partial charge < -0.3 is 0 Å². The highest BCUT2D eigenvalue weighted by Crippen LogP contribution is 2.30. The number of carbonyl (C=O) groups excluding carboxylic acids is 1. The number of hydrogen-bond acceptors (Lipinski definition) is 2. The van der Waals surface area contributed by atoms with Crippen LogP contribution in [0.1, 0.15) is 30.6 Å². The molecule has 1 aliphatic rings. The number of halogens is 1. The van der Waals surface area contributed by atoms with Crippen molar-refractivity contribution in [3.05, 3.63) is 29.8 Å². The number of alkyl halides is 1. The molecule has 0 fully saturated rings. The molecule has 82 valence electrons. The molecule has 0 saturated carbocycles. The highest BCUT2D eigenvalue weighted by molar-refractivity contribution is 9.10. The Morgan fingerprint density at radius 1 is 1.33 bits per heavy atom. The first-order valence-electron chi connectivity index (χ1n) is 5.19. The lowest BCUT2D eigenvalue weighted by Crippen LogP contribution is -2.13. The summed E-state index contributed by atoms with van der Waals surface area (Å²) in [5.41, 5.74) is 0.867. The molecule has 0 aliphatic carbocycles. The summed E-state index contributed by atoms with van der Waals surface area (Å²) < 4.78 is 0. The van der Waals surface area contributed by atoms with Gasteiger partial charge in [0.05, 0.1) is 4.83 Å². The summed E-state index contributed by atoms with van der Waals surface area (Å²) in [4.78, 5) is 12.9. The Labute approximate surface area is 104 Å². The molecule has 0 amide bonds. The van der Waals surface area contributed by atoms with Crippen molar-refractivity contribution in [1.29, 1.82) is 0 Å². The minimum Gasteiger partial charge on any atom is -0.293 e. The lowest BCUT2D eigenvalue weighted by atomic mass is 10.1. The maximum atomic E-state index is 11.8. The number of fused-ring (bicyclic) bond motifs is 1. The van der Waals surface area contributed by atoms with E-state index in [0.29, 0.717) is 0 Å². The number of ketones is 1. The van der Waals surface area contributed by atoms with E-state index >= 15 is 0 Å². The fourth-order valence-electron chi connectivity index (χ4n) is 1.37. The molecule has 1 atom stereocenters. The van der Waals surface area contributed by atoms with Gasteiger partial charge in [-0.15, -0.1) is 11.8 Å². The first-order chi connectivity index (χ1) is 7.29. The van der Waals surface area contributed by atoms with Crippen LogP contribution < -0.4 is 0 Å². The minimum atomic E-state index is 0.00338. The molecule has 0 radical (unpaired) electrons. The topological polar surface area (TPSA) is 17.1 Å². The smallest absolute Gasteiger partial charge is 0.177 e. The normalized spacial score (nSPS) is 19.7. The first-order valence-corrected chi connectivity index (χ1v) is 7.09. The van der Waals surface area contributed by atoms with Crippen LogP contribution in [0.15, 0.2) is 29.2 Å². The zero-order valence-electron chi connectivity index (χ0n) is 9.00. The minimum absolute atomic E-state index is 0.00338. The van der Waals surface area contributed by atoms with E-state index in [-0.39, 0.29) is 10.6 Å². The molecule has 0 aromatic heterocycles. The molecule has 0 spiro atoms. The average Bonchev–Trinajstić information content (AvgIpc) is 2.44. The second-order valence-corrected chi connectivity index (χ2v) is 5.21. The van der Waals surface area contributed by atoms with Crippen LogP contribution in [0.25, 0.3) is 0 Å². The first kappa shape index (κ1) is 12.8. The van der Waals surface area contributed by atoms with Gasteiger partial charge in [-0.1, -0.05) is 48.0 Å². The van der Waals surface area contributed by atoms with Crippen molar-refractivity contribution < 1.29 is 4.79 Å². The van der Waals surface area contributed by atoms with Gasteiger partial charge in [0.25, 0.3) is 0 Å². The second kappa shape index (κ2) is 6.33. The van der Waals surface area contributed by atoms with E-state index in [1.807, 2.05) is 38.1 Å². The van der Waals surface area contributed by atoms with Crippen LogP contribution >= 0.6 is 27.7 Å². The Balaban J connectivity index is 0.000000531. The van der Waals surface area contributed by atoms with Crippen molar-refractivity contribution in [3.63, 3.8) is 0 Å². The lowest BCUT2D eigenvalue weighted by molar-refractivity contribution is 0.0988. The monoisotopic (exact) mass is 286 g/mol. The Hall–Kier alpha value is -0.280. The van der Waals surface area contributed by atoms with Gasteiger partial charge in [0, 0.05) is 10.5 Å². The molecular weight excluding hydrogens is 272 g/mol. The molecule has 1 aliphatic heterocycles. The zero-order chi connectivity index (χ0) is 11.3. The van der Waals surface area contributed by atoms with Crippen molar-refractivity contribution in [2.45, 2.75) is 30.0 Å². The summed E-state index contributed by atoms with van der Waals surface area (Å²) in [5, 5.41) is 0. The largest absolute Gasteiger partial charge is 0.293 e. The number of rotatable bonds is 0. The average molecular weight is 287 g/mol. The van der Waals surface area contributed by atoms with Crippen molar-refractivity contribution in [2.24, 2.45) is 0 Å². The summed E-state index contributed by atoms with van der Waals surface area (Å²) in [6.07, 6.45) is 0.915. The number of carbonyl (C=O) groups is 1. The molecular formula is C12H15BrOS. The Morgan fingerprint density at radius 3 is 2.73 bits per heavy atom. The van der Waals surface area contributed by atoms with E-state index in [1.165, 1.54) is 0 Å². The maximum Gasteiger partial charge on any atom is 0.177 e. The summed E-state index contributed by atoms with van der Waals surface area (Å²) in [7, 11) is 0. The number of Topliss-reactive ketones (excluding diaryl/α,β-unsaturated/α-hetero) is 1. The molecule has 3 heteroatoms. The summed E-state index contributed by atoms with van der Waals surface area (Å²) in [6, 6.07) is 7.82. The Morgan fingerprint density at radius 2 is 2.00 bits per heavy atom. The van der Waals surface area contributed by atoms with Gasteiger partial charge >= 0.3 is 0 Å². The van der Waals surface area contributed by atoms with Crippen LogP contribution in [0.3, 0.4) is 0 Å². The Bertz CT molecular complexity index is 338. The van der Waals surface area contributed by atoms with Gasteiger partial charge in [-0.2, -0.15) is 0 Å². The van der Waals surface area contributed by atoms with Gasteiger partial charge in [-0.05, 0) is 18.2 Å². The molecule has 15 heavy (non-hydrogen) atoms. The molecule has 1 unspecified atom stereocenters. The van der Waals surface area contributed by atoms with Gasteiger partial charge in [-0.3, -0.25) is 4.79 Å². The van der Waals surface area contributed by atoms with E-state index in [9.17, 15) is 4.79 Å². The van der Waals surface area contributed by atoms with Crippen LogP contribution in [0.5, 0.6) is 0 Å². The lowest BCUT2D eigenvalue weighted by Gasteiger charge is -2.04. The molecule has 1 heterocycles. The molecule has 1 aromatic carbocycles. The number of benzene rings is 1. The molecule has 0 saturated heterocycles. The molecule has 2 rings (SSSR count). The number of thioether (sulfide) groups is 1. The van der Waals surface area contributed by atoms with Crippen LogP contribution in [-0.2, 0) is 0 Å².